The van der Waals surface area contributed by atoms with Gasteiger partial charge in [-0.3, -0.25) is 0 Å². The number of hydrogen-bond donors (Lipinski definition) is 0. The minimum Gasteiger partial charge on any atom is -0.245 e. The van der Waals surface area contributed by atoms with E-state index in [-0.39, 0.29) is 0 Å². The molecule has 0 spiro atoms. The Hall–Kier alpha value is -3.01. The molecule has 2 aromatic heterocycles. The van der Waals surface area contributed by atoms with Gasteiger partial charge in [-0.05, 0) is 24.6 Å². The summed E-state index contributed by atoms with van der Waals surface area (Å²) in [5.41, 5.74) is 8.16. The van der Waals surface area contributed by atoms with Gasteiger partial charge in [0.25, 0.3) is 0 Å². The highest BCUT2D eigenvalue weighted by Crippen LogP contribution is 2.35. The molecule has 0 aliphatic heterocycles. The zero-order valence-electron chi connectivity index (χ0n) is 12.7. The second-order valence-corrected chi connectivity index (χ2v) is 5.86. The zero-order chi connectivity index (χ0) is 15.4. The second-order valence-electron chi connectivity index (χ2n) is 5.86. The summed E-state index contributed by atoms with van der Waals surface area (Å²) in [4.78, 5) is 9.80. The molecule has 4 heteroatoms. The van der Waals surface area contributed by atoms with E-state index in [4.69, 9.17) is 9.97 Å². The number of fused-ring (bicyclic) bond motifs is 4. The summed E-state index contributed by atoms with van der Waals surface area (Å²) in [6.45, 7) is 1.99. The Kier molecular flexibility index (Phi) is 2.45. The number of hydrogen-bond acceptors (Lipinski definition) is 3. The average molecular weight is 298 g/mol. The predicted octanol–water partition coefficient (Wildman–Crippen LogP) is 3.70. The van der Waals surface area contributed by atoms with Crippen LogP contribution in [-0.4, -0.2) is 19.7 Å². The van der Waals surface area contributed by atoms with Crippen molar-refractivity contribution in [3.05, 3.63) is 71.5 Å². The highest BCUT2D eigenvalue weighted by Gasteiger charge is 2.24. The van der Waals surface area contributed by atoms with Crippen molar-refractivity contribution in [2.45, 2.75) is 13.3 Å². The highest BCUT2D eigenvalue weighted by molar-refractivity contribution is 5.82. The van der Waals surface area contributed by atoms with Crippen LogP contribution in [0, 0.1) is 6.92 Å². The van der Waals surface area contributed by atoms with Gasteiger partial charge in [0.15, 0.2) is 5.65 Å². The Morgan fingerprint density at radius 3 is 2.57 bits per heavy atom. The molecule has 0 saturated heterocycles. The van der Waals surface area contributed by atoms with Gasteiger partial charge in [0, 0.05) is 12.0 Å². The number of aromatic nitrogens is 4. The molecule has 2 aromatic carbocycles. The van der Waals surface area contributed by atoms with E-state index in [9.17, 15) is 0 Å². The van der Waals surface area contributed by atoms with Gasteiger partial charge in [0.1, 0.15) is 5.52 Å². The SMILES string of the molecule is Cc1nn(-c2ccccc2)c2nc3c(nc12)Cc1ccccc1-3. The van der Waals surface area contributed by atoms with Crippen LogP contribution in [0.4, 0.5) is 0 Å². The first kappa shape index (κ1) is 12.5. The lowest BCUT2D eigenvalue weighted by atomic mass is 10.1. The van der Waals surface area contributed by atoms with Crippen molar-refractivity contribution < 1.29 is 0 Å². The van der Waals surface area contributed by atoms with Gasteiger partial charge in [0.2, 0.25) is 0 Å². The highest BCUT2D eigenvalue weighted by atomic mass is 15.3. The Bertz CT molecular complexity index is 1050. The largest absolute Gasteiger partial charge is 0.245 e. The van der Waals surface area contributed by atoms with Crippen LogP contribution in [0.5, 0.6) is 0 Å². The Labute approximate surface area is 133 Å². The molecule has 0 atom stereocenters. The number of nitrogens with zero attached hydrogens (tertiary/aromatic N) is 4. The smallest absolute Gasteiger partial charge is 0.182 e. The maximum atomic E-state index is 4.93. The molecule has 0 bridgehead atoms. The second kappa shape index (κ2) is 4.49. The van der Waals surface area contributed by atoms with E-state index in [1.54, 1.807) is 0 Å². The summed E-state index contributed by atoms with van der Waals surface area (Å²) in [7, 11) is 0. The molecule has 0 radical (unpaired) electrons. The van der Waals surface area contributed by atoms with E-state index < -0.39 is 0 Å². The van der Waals surface area contributed by atoms with Crippen molar-refractivity contribution >= 4 is 11.2 Å². The van der Waals surface area contributed by atoms with Crippen molar-refractivity contribution in [1.29, 1.82) is 0 Å². The fraction of sp³-hybridized carbons (Fsp3) is 0.105. The molecule has 0 unspecified atom stereocenters. The Morgan fingerprint density at radius 2 is 1.70 bits per heavy atom. The lowest BCUT2D eigenvalue weighted by Gasteiger charge is -2.04. The van der Waals surface area contributed by atoms with Crippen molar-refractivity contribution in [2.75, 3.05) is 0 Å². The van der Waals surface area contributed by atoms with Gasteiger partial charge in [-0.1, -0.05) is 42.5 Å². The minimum atomic E-state index is 0.823. The van der Waals surface area contributed by atoms with E-state index in [1.807, 2.05) is 41.9 Å². The molecule has 0 N–H and O–H groups in total. The normalized spacial score (nSPS) is 12.4. The molecular formula is C19H14N4. The van der Waals surface area contributed by atoms with Gasteiger partial charge < -0.3 is 0 Å². The molecular weight excluding hydrogens is 284 g/mol. The monoisotopic (exact) mass is 298 g/mol. The average Bonchev–Trinajstić information content (AvgIpc) is 3.12. The number of benzene rings is 2. The van der Waals surface area contributed by atoms with Crippen LogP contribution in [0.3, 0.4) is 0 Å². The summed E-state index contributed by atoms with van der Waals surface area (Å²) in [6, 6.07) is 18.5. The first-order valence-electron chi connectivity index (χ1n) is 7.71. The predicted molar refractivity (Wildman–Crippen MR) is 89.6 cm³/mol. The molecule has 0 fully saturated rings. The summed E-state index contributed by atoms with van der Waals surface area (Å²) >= 11 is 0. The maximum Gasteiger partial charge on any atom is 0.182 e. The topological polar surface area (TPSA) is 43.6 Å². The van der Waals surface area contributed by atoms with E-state index in [1.165, 1.54) is 11.1 Å². The number of aryl methyl sites for hydroxylation is 1. The van der Waals surface area contributed by atoms with E-state index in [0.717, 1.165) is 40.4 Å². The third-order valence-corrected chi connectivity index (χ3v) is 4.37. The van der Waals surface area contributed by atoms with E-state index in [0.29, 0.717) is 0 Å². The van der Waals surface area contributed by atoms with Crippen LogP contribution in [-0.2, 0) is 6.42 Å². The van der Waals surface area contributed by atoms with Crippen LogP contribution < -0.4 is 0 Å². The first-order valence-corrected chi connectivity index (χ1v) is 7.71. The van der Waals surface area contributed by atoms with Gasteiger partial charge in [-0.2, -0.15) is 5.10 Å². The van der Waals surface area contributed by atoms with Crippen molar-refractivity contribution in [1.82, 2.24) is 19.7 Å². The Morgan fingerprint density at radius 1 is 0.913 bits per heavy atom. The molecule has 0 amide bonds. The van der Waals surface area contributed by atoms with Crippen molar-refractivity contribution in [2.24, 2.45) is 0 Å². The van der Waals surface area contributed by atoms with Crippen molar-refractivity contribution in [3.8, 4) is 16.9 Å². The summed E-state index contributed by atoms with van der Waals surface area (Å²) in [5.74, 6) is 0. The molecule has 4 aromatic rings. The Balaban J connectivity index is 1.82. The van der Waals surface area contributed by atoms with Crippen LogP contribution in [0.2, 0.25) is 0 Å². The van der Waals surface area contributed by atoms with E-state index in [2.05, 4.69) is 29.4 Å². The summed E-state index contributed by atoms with van der Waals surface area (Å²) in [6.07, 6.45) is 0.852. The third-order valence-electron chi connectivity index (χ3n) is 4.37. The van der Waals surface area contributed by atoms with Crippen molar-refractivity contribution in [3.63, 3.8) is 0 Å². The van der Waals surface area contributed by atoms with Gasteiger partial charge in [-0.25, -0.2) is 14.6 Å². The number of rotatable bonds is 1. The summed E-state index contributed by atoms with van der Waals surface area (Å²) < 4.78 is 1.89. The number of para-hydroxylation sites is 1. The lowest BCUT2D eigenvalue weighted by Crippen LogP contribution is -1.99. The lowest BCUT2D eigenvalue weighted by molar-refractivity contribution is 0.878. The molecule has 110 valence electrons. The molecule has 1 aliphatic carbocycles. The van der Waals surface area contributed by atoms with Gasteiger partial charge in [-0.15, -0.1) is 0 Å². The maximum absolute atomic E-state index is 4.93. The van der Waals surface area contributed by atoms with Gasteiger partial charge in [0.05, 0.1) is 22.8 Å². The first-order chi connectivity index (χ1) is 11.3. The third kappa shape index (κ3) is 1.75. The van der Waals surface area contributed by atoms with Crippen LogP contribution in [0.1, 0.15) is 17.0 Å². The molecule has 2 heterocycles. The fourth-order valence-corrected chi connectivity index (χ4v) is 3.27. The van der Waals surface area contributed by atoms with Crippen LogP contribution in [0.25, 0.3) is 28.1 Å². The molecule has 0 saturated carbocycles. The minimum absolute atomic E-state index is 0.823. The molecule has 1 aliphatic rings. The molecule has 23 heavy (non-hydrogen) atoms. The van der Waals surface area contributed by atoms with Gasteiger partial charge >= 0.3 is 0 Å². The van der Waals surface area contributed by atoms with Crippen LogP contribution in [0.15, 0.2) is 54.6 Å². The van der Waals surface area contributed by atoms with E-state index >= 15 is 0 Å². The van der Waals surface area contributed by atoms with Crippen LogP contribution >= 0.6 is 0 Å². The standard InChI is InChI=1S/C19H14N4/c1-12-17-19(23(22-12)14-8-3-2-4-9-14)21-18-15-10-6-5-7-13(15)11-16(18)20-17/h2-10H,11H2,1H3. The molecule has 4 nitrogen and oxygen atoms in total. The fourth-order valence-electron chi connectivity index (χ4n) is 3.27. The zero-order valence-corrected chi connectivity index (χ0v) is 12.7. The quantitative estimate of drug-likeness (QED) is 0.474. The summed E-state index contributed by atoms with van der Waals surface area (Å²) in [5, 5.41) is 4.65. The molecule has 5 rings (SSSR count).